The van der Waals surface area contributed by atoms with Crippen LogP contribution in [0.25, 0.3) is 11.0 Å². The number of fused-ring (bicyclic) bond motifs is 1. The smallest absolute Gasteiger partial charge is 0.310 e. The minimum atomic E-state index is -0.346. The molecule has 2 aromatic carbocycles. The number of rotatable bonds is 7. The van der Waals surface area contributed by atoms with E-state index in [4.69, 9.17) is 30.2 Å². The lowest BCUT2D eigenvalue weighted by molar-refractivity contribution is -0.143. The van der Waals surface area contributed by atoms with Crippen LogP contribution in [0.1, 0.15) is 5.56 Å². The van der Waals surface area contributed by atoms with Gasteiger partial charge in [0, 0.05) is 17.0 Å². The molecule has 3 rings (SSSR count). The average molecular weight is 361 g/mol. The molecule has 3 aromatic rings. The Hall–Kier alpha value is -2.66. The quantitative estimate of drug-likeness (QED) is 0.465. The molecule has 0 radical (unpaired) electrons. The largest absolute Gasteiger partial charge is 0.497 e. The summed E-state index contributed by atoms with van der Waals surface area (Å²) in [5.41, 5.74) is 1.44. The van der Waals surface area contributed by atoms with Crippen LogP contribution in [0.5, 0.6) is 11.5 Å². The lowest BCUT2D eigenvalue weighted by atomic mass is 10.1. The minimum absolute atomic E-state index is 0.130. The Morgan fingerprint density at radius 1 is 1.16 bits per heavy atom. The summed E-state index contributed by atoms with van der Waals surface area (Å²) in [6.45, 7) is 0.381. The zero-order valence-corrected chi connectivity index (χ0v) is 14.4. The van der Waals surface area contributed by atoms with Crippen molar-refractivity contribution in [3.63, 3.8) is 0 Å². The second kappa shape index (κ2) is 7.94. The minimum Gasteiger partial charge on any atom is -0.497 e. The van der Waals surface area contributed by atoms with E-state index in [1.165, 1.54) is 0 Å². The van der Waals surface area contributed by atoms with Gasteiger partial charge in [0.2, 0.25) is 0 Å². The van der Waals surface area contributed by atoms with Gasteiger partial charge in [-0.05, 0) is 24.3 Å². The highest BCUT2D eigenvalue weighted by atomic mass is 35.5. The molecule has 0 amide bonds. The summed E-state index contributed by atoms with van der Waals surface area (Å²) in [5.74, 6) is 0.920. The Labute approximate surface area is 150 Å². The molecular weight excluding hydrogens is 344 g/mol. The predicted molar refractivity (Wildman–Crippen MR) is 94.4 cm³/mol. The SMILES string of the molecule is COc1ccc2c(CC(=O)OCCOc3ccccc3Cl)coc2c1. The van der Waals surface area contributed by atoms with Crippen LogP contribution < -0.4 is 9.47 Å². The molecule has 1 aromatic heterocycles. The summed E-state index contributed by atoms with van der Waals surface area (Å²) < 4.78 is 21.3. The van der Waals surface area contributed by atoms with E-state index >= 15 is 0 Å². The molecule has 0 aliphatic rings. The van der Waals surface area contributed by atoms with Crippen molar-refractivity contribution in [2.45, 2.75) is 6.42 Å². The zero-order chi connectivity index (χ0) is 17.6. The van der Waals surface area contributed by atoms with Crippen molar-refractivity contribution in [2.75, 3.05) is 20.3 Å². The molecule has 0 unspecified atom stereocenters. The molecule has 0 aliphatic carbocycles. The van der Waals surface area contributed by atoms with E-state index in [0.717, 1.165) is 10.9 Å². The molecule has 0 atom stereocenters. The fourth-order valence-corrected chi connectivity index (χ4v) is 2.59. The van der Waals surface area contributed by atoms with Gasteiger partial charge in [-0.25, -0.2) is 0 Å². The summed E-state index contributed by atoms with van der Waals surface area (Å²) in [6.07, 6.45) is 1.69. The summed E-state index contributed by atoms with van der Waals surface area (Å²) in [4.78, 5) is 12.0. The molecule has 5 nitrogen and oxygen atoms in total. The van der Waals surface area contributed by atoms with E-state index in [1.807, 2.05) is 24.3 Å². The van der Waals surface area contributed by atoms with E-state index in [2.05, 4.69) is 0 Å². The van der Waals surface area contributed by atoms with Gasteiger partial charge in [-0.15, -0.1) is 0 Å². The number of halogens is 1. The number of para-hydroxylation sites is 1. The summed E-state index contributed by atoms with van der Waals surface area (Å²) in [5, 5.41) is 1.39. The number of esters is 1. The van der Waals surface area contributed by atoms with E-state index in [9.17, 15) is 4.79 Å². The van der Waals surface area contributed by atoms with Crippen molar-refractivity contribution >= 4 is 28.5 Å². The average Bonchev–Trinajstić information content (AvgIpc) is 3.02. The van der Waals surface area contributed by atoms with Crippen molar-refractivity contribution in [3.8, 4) is 11.5 Å². The van der Waals surface area contributed by atoms with Crippen LogP contribution in [0.4, 0.5) is 0 Å². The first-order valence-corrected chi connectivity index (χ1v) is 8.12. The van der Waals surface area contributed by atoms with Crippen LogP contribution in [0.3, 0.4) is 0 Å². The molecule has 0 saturated heterocycles. The van der Waals surface area contributed by atoms with Gasteiger partial charge in [0.1, 0.15) is 30.3 Å². The van der Waals surface area contributed by atoms with Crippen molar-refractivity contribution in [3.05, 3.63) is 59.3 Å². The number of furan rings is 1. The van der Waals surface area contributed by atoms with Crippen LogP contribution in [-0.4, -0.2) is 26.3 Å². The monoisotopic (exact) mass is 360 g/mol. The topological polar surface area (TPSA) is 57.9 Å². The lowest BCUT2D eigenvalue weighted by Gasteiger charge is -2.08. The predicted octanol–water partition coefficient (Wildman–Crippen LogP) is 4.26. The zero-order valence-electron chi connectivity index (χ0n) is 13.7. The van der Waals surface area contributed by atoms with Gasteiger partial charge < -0.3 is 18.6 Å². The highest BCUT2D eigenvalue weighted by Crippen LogP contribution is 2.26. The van der Waals surface area contributed by atoms with E-state index in [-0.39, 0.29) is 25.6 Å². The summed E-state index contributed by atoms with van der Waals surface area (Å²) in [6, 6.07) is 12.6. The third-order valence-electron chi connectivity index (χ3n) is 3.64. The Morgan fingerprint density at radius 3 is 2.80 bits per heavy atom. The molecule has 0 bridgehead atoms. The van der Waals surface area contributed by atoms with Gasteiger partial charge in [0.15, 0.2) is 0 Å². The van der Waals surface area contributed by atoms with Crippen molar-refractivity contribution in [1.82, 2.24) is 0 Å². The summed E-state index contributed by atoms with van der Waals surface area (Å²) in [7, 11) is 1.59. The van der Waals surface area contributed by atoms with Crippen molar-refractivity contribution in [2.24, 2.45) is 0 Å². The number of carbonyl (C=O) groups excluding carboxylic acids is 1. The third kappa shape index (κ3) is 4.25. The first kappa shape index (κ1) is 17.2. The number of ether oxygens (including phenoxy) is 3. The molecule has 0 fully saturated rings. The number of carbonyl (C=O) groups is 1. The van der Waals surface area contributed by atoms with Crippen LogP contribution in [0.15, 0.2) is 53.1 Å². The number of hydrogen-bond acceptors (Lipinski definition) is 5. The molecule has 0 spiro atoms. The van der Waals surface area contributed by atoms with Gasteiger partial charge in [-0.3, -0.25) is 4.79 Å². The van der Waals surface area contributed by atoms with Crippen LogP contribution in [0.2, 0.25) is 5.02 Å². The highest BCUT2D eigenvalue weighted by Gasteiger charge is 2.12. The van der Waals surface area contributed by atoms with Crippen molar-refractivity contribution < 1.29 is 23.4 Å². The van der Waals surface area contributed by atoms with Crippen LogP contribution in [-0.2, 0) is 16.0 Å². The van der Waals surface area contributed by atoms with Gasteiger partial charge in [0.05, 0.1) is 24.8 Å². The Bertz CT molecular complexity index is 871. The first-order chi connectivity index (χ1) is 12.2. The maximum Gasteiger partial charge on any atom is 0.310 e. The van der Waals surface area contributed by atoms with Gasteiger partial charge in [0.25, 0.3) is 0 Å². The Morgan fingerprint density at radius 2 is 2.00 bits per heavy atom. The fourth-order valence-electron chi connectivity index (χ4n) is 2.40. The first-order valence-electron chi connectivity index (χ1n) is 7.74. The second-order valence-electron chi connectivity index (χ2n) is 5.30. The molecule has 25 heavy (non-hydrogen) atoms. The molecule has 0 N–H and O–H groups in total. The molecular formula is C19H17ClO5. The van der Waals surface area contributed by atoms with E-state index < -0.39 is 0 Å². The van der Waals surface area contributed by atoms with Gasteiger partial charge in [-0.2, -0.15) is 0 Å². The lowest BCUT2D eigenvalue weighted by Crippen LogP contribution is -2.14. The van der Waals surface area contributed by atoms with E-state index in [1.54, 1.807) is 31.6 Å². The maximum atomic E-state index is 12.0. The normalized spacial score (nSPS) is 10.6. The van der Waals surface area contributed by atoms with E-state index in [0.29, 0.717) is 22.1 Å². The molecule has 130 valence electrons. The molecule has 6 heteroatoms. The summed E-state index contributed by atoms with van der Waals surface area (Å²) >= 11 is 5.99. The van der Waals surface area contributed by atoms with Crippen LogP contribution >= 0.6 is 11.6 Å². The number of hydrogen-bond donors (Lipinski definition) is 0. The maximum absolute atomic E-state index is 12.0. The molecule has 1 heterocycles. The highest BCUT2D eigenvalue weighted by molar-refractivity contribution is 6.32. The molecule has 0 aliphatic heterocycles. The standard InChI is InChI=1S/C19H17ClO5/c1-22-14-6-7-15-13(12-25-18(15)11-14)10-19(21)24-9-8-23-17-5-3-2-4-16(17)20/h2-7,11-12H,8-10H2,1H3. The Balaban J connectivity index is 1.50. The second-order valence-corrected chi connectivity index (χ2v) is 5.71. The van der Waals surface area contributed by atoms with Gasteiger partial charge >= 0.3 is 5.97 Å². The van der Waals surface area contributed by atoms with Crippen molar-refractivity contribution in [1.29, 1.82) is 0 Å². The van der Waals surface area contributed by atoms with Gasteiger partial charge in [-0.1, -0.05) is 23.7 Å². The van der Waals surface area contributed by atoms with Crippen LogP contribution in [0, 0.1) is 0 Å². The fraction of sp³-hybridized carbons (Fsp3) is 0.211. The Kier molecular flexibility index (Phi) is 5.46. The number of benzene rings is 2. The molecule has 0 saturated carbocycles. The third-order valence-corrected chi connectivity index (χ3v) is 3.95. The number of methoxy groups -OCH3 is 1.